The maximum absolute atomic E-state index is 12.2. The first kappa shape index (κ1) is 18.9. The van der Waals surface area contributed by atoms with Gasteiger partial charge in [0.2, 0.25) is 10.0 Å². The van der Waals surface area contributed by atoms with E-state index in [4.69, 9.17) is 14.6 Å². The van der Waals surface area contributed by atoms with Crippen LogP contribution in [-0.2, 0) is 33.8 Å². The van der Waals surface area contributed by atoms with E-state index >= 15 is 0 Å². The van der Waals surface area contributed by atoms with E-state index in [0.29, 0.717) is 11.3 Å². The number of aryl methyl sites for hydroxylation is 1. The van der Waals surface area contributed by atoms with Gasteiger partial charge in [0.25, 0.3) is 0 Å². The number of carbonyl (C=O) groups excluding carboxylic acids is 2. The SMILES string of the molecule is COC(=O)C1=C(C(=O)OC)N(c2cc(S(N)(=O)=O)ccc2C)COC1. The van der Waals surface area contributed by atoms with Crippen molar-refractivity contribution in [3.63, 3.8) is 0 Å². The Kier molecular flexibility index (Phi) is 5.45. The molecule has 9 nitrogen and oxygen atoms in total. The number of benzene rings is 1. The van der Waals surface area contributed by atoms with Gasteiger partial charge in [-0.3, -0.25) is 0 Å². The van der Waals surface area contributed by atoms with Crippen LogP contribution in [0.15, 0.2) is 34.4 Å². The van der Waals surface area contributed by atoms with E-state index in [1.54, 1.807) is 6.92 Å². The molecular formula is C15H18N2O7S. The van der Waals surface area contributed by atoms with Crippen molar-refractivity contribution in [1.29, 1.82) is 0 Å². The summed E-state index contributed by atoms with van der Waals surface area (Å²) in [4.78, 5) is 25.4. The smallest absolute Gasteiger partial charge is 0.355 e. The van der Waals surface area contributed by atoms with Gasteiger partial charge in [-0.2, -0.15) is 0 Å². The normalized spacial score (nSPS) is 15.1. The van der Waals surface area contributed by atoms with E-state index in [1.165, 1.54) is 37.3 Å². The second-order valence-electron chi connectivity index (χ2n) is 5.21. The zero-order chi connectivity index (χ0) is 18.8. The number of hydrogen-bond acceptors (Lipinski definition) is 8. The Morgan fingerprint density at radius 2 is 1.84 bits per heavy atom. The quantitative estimate of drug-likeness (QED) is 0.736. The molecule has 0 aromatic heterocycles. The van der Waals surface area contributed by atoms with Crippen molar-refractivity contribution in [2.45, 2.75) is 11.8 Å². The Morgan fingerprint density at radius 1 is 1.20 bits per heavy atom. The van der Waals surface area contributed by atoms with E-state index in [1.807, 2.05) is 0 Å². The Bertz CT molecular complexity index is 845. The summed E-state index contributed by atoms with van der Waals surface area (Å²) >= 11 is 0. The minimum absolute atomic E-state index is 0.0268. The average Bonchev–Trinajstić information content (AvgIpc) is 2.59. The number of nitrogens with zero attached hydrogens (tertiary/aromatic N) is 1. The zero-order valence-electron chi connectivity index (χ0n) is 13.9. The van der Waals surface area contributed by atoms with Gasteiger partial charge in [-0.1, -0.05) is 6.07 Å². The van der Waals surface area contributed by atoms with Gasteiger partial charge in [0, 0.05) is 5.69 Å². The Morgan fingerprint density at radius 3 is 2.40 bits per heavy atom. The predicted octanol–water partition coefficient (Wildman–Crippen LogP) is 0.0366. The highest BCUT2D eigenvalue weighted by Gasteiger charge is 2.33. The third-order valence-corrected chi connectivity index (χ3v) is 4.54. The van der Waals surface area contributed by atoms with Gasteiger partial charge in [0.1, 0.15) is 12.4 Å². The minimum atomic E-state index is -3.95. The van der Waals surface area contributed by atoms with Gasteiger partial charge in [-0.25, -0.2) is 23.1 Å². The molecule has 2 N–H and O–H groups in total. The van der Waals surface area contributed by atoms with Crippen LogP contribution >= 0.6 is 0 Å². The third-order valence-electron chi connectivity index (χ3n) is 3.63. The highest BCUT2D eigenvalue weighted by atomic mass is 32.2. The number of rotatable bonds is 4. The molecule has 0 amide bonds. The van der Waals surface area contributed by atoms with Crippen LogP contribution < -0.4 is 10.0 Å². The molecule has 0 fully saturated rings. The van der Waals surface area contributed by atoms with Crippen molar-refractivity contribution in [2.75, 3.05) is 32.5 Å². The number of anilines is 1. The topological polar surface area (TPSA) is 125 Å². The molecule has 0 spiro atoms. The fraction of sp³-hybridized carbons (Fsp3) is 0.333. The largest absolute Gasteiger partial charge is 0.466 e. The molecule has 0 bridgehead atoms. The van der Waals surface area contributed by atoms with Crippen molar-refractivity contribution >= 4 is 27.6 Å². The van der Waals surface area contributed by atoms with Gasteiger partial charge in [-0.15, -0.1) is 0 Å². The molecule has 1 aliphatic heterocycles. The van der Waals surface area contributed by atoms with Crippen molar-refractivity contribution < 1.29 is 32.2 Å². The molecular weight excluding hydrogens is 352 g/mol. The number of ether oxygens (including phenoxy) is 3. The van der Waals surface area contributed by atoms with Crippen LogP contribution in [-0.4, -0.2) is 47.9 Å². The third kappa shape index (κ3) is 3.81. The van der Waals surface area contributed by atoms with Crippen molar-refractivity contribution in [2.24, 2.45) is 5.14 Å². The molecule has 0 radical (unpaired) electrons. The lowest BCUT2D eigenvalue weighted by molar-refractivity contribution is -0.140. The van der Waals surface area contributed by atoms with Crippen LogP contribution in [0.2, 0.25) is 0 Å². The lowest BCUT2D eigenvalue weighted by Crippen LogP contribution is -2.39. The van der Waals surface area contributed by atoms with Crippen LogP contribution in [0.25, 0.3) is 0 Å². The first-order valence-electron chi connectivity index (χ1n) is 7.09. The maximum Gasteiger partial charge on any atom is 0.355 e. The van der Waals surface area contributed by atoms with Crippen molar-refractivity contribution in [3.8, 4) is 0 Å². The Balaban J connectivity index is 2.67. The van der Waals surface area contributed by atoms with Gasteiger partial charge in [-0.05, 0) is 24.6 Å². The summed E-state index contributed by atoms with van der Waals surface area (Å²) in [5, 5.41) is 5.17. The number of methoxy groups -OCH3 is 2. The number of hydrogen-bond donors (Lipinski definition) is 1. The van der Waals surface area contributed by atoms with Gasteiger partial charge >= 0.3 is 11.9 Å². The summed E-state index contributed by atoms with van der Waals surface area (Å²) < 4.78 is 38.0. The van der Waals surface area contributed by atoms with Gasteiger partial charge < -0.3 is 19.1 Å². The number of primary sulfonamides is 1. The molecule has 0 saturated heterocycles. The fourth-order valence-electron chi connectivity index (χ4n) is 2.39. The van der Waals surface area contributed by atoms with Crippen LogP contribution in [0.1, 0.15) is 5.56 Å². The van der Waals surface area contributed by atoms with E-state index < -0.39 is 22.0 Å². The lowest BCUT2D eigenvalue weighted by Gasteiger charge is -2.32. The first-order valence-corrected chi connectivity index (χ1v) is 8.63. The maximum atomic E-state index is 12.2. The average molecular weight is 370 g/mol. The number of nitrogens with two attached hydrogens (primary N) is 1. The van der Waals surface area contributed by atoms with E-state index in [0.717, 1.165) is 0 Å². The molecule has 10 heteroatoms. The molecule has 1 aromatic rings. The van der Waals surface area contributed by atoms with E-state index in [-0.39, 0.29) is 29.5 Å². The molecule has 2 rings (SSSR count). The molecule has 25 heavy (non-hydrogen) atoms. The van der Waals surface area contributed by atoms with Crippen molar-refractivity contribution in [1.82, 2.24) is 0 Å². The molecule has 1 aromatic carbocycles. The van der Waals surface area contributed by atoms with Crippen LogP contribution in [0.5, 0.6) is 0 Å². The van der Waals surface area contributed by atoms with Gasteiger partial charge in [0.05, 0.1) is 31.3 Å². The number of sulfonamides is 1. The first-order chi connectivity index (χ1) is 11.7. The zero-order valence-corrected chi connectivity index (χ0v) is 14.8. The molecule has 136 valence electrons. The summed E-state index contributed by atoms with van der Waals surface area (Å²) in [7, 11) is -1.60. The monoisotopic (exact) mass is 370 g/mol. The fourth-order valence-corrected chi connectivity index (χ4v) is 2.92. The van der Waals surface area contributed by atoms with Crippen LogP contribution in [0.3, 0.4) is 0 Å². The van der Waals surface area contributed by atoms with E-state index in [9.17, 15) is 18.0 Å². The van der Waals surface area contributed by atoms with Gasteiger partial charge in [0.15, 0.2) is 0 Å². The number of esters is 2. The second kappa shape index (κ2) is 7.21. The Hall–Kier alpha value is -2.43. The molecule has 0 atom stereocenters. The summed E-state index contributed by atoms with van der Waals surface area (Å²) in [5.41, 5.74) is 0.882. The molecule has 1 aliphatic rings. The molecule has 0 unspecified atom stereocenters. The van der Waals surface area contributed by atoms with Crippen molar-refractivity contribution in [3.05, 3.63) is 35.0 Å². The molecule has 0 saturated carbocycles. The lowest BCUT2D eigenvalue weighted by atomic mass is 10.1. The van der Waals surface area contributed by atoms with E-state index in [2.05, 4.69) is 4.74 Å². The highest BCUT2D eigenvalue weighted by Crippen LogP contribution is 2.30. The summed E-state index contributed by atoms with van der Waals surface area (Å²) in [6.45, 7) is 1.49. The number of carbonyl (C=O) groups is 2. The highest BCUT2D eigenvalue weighted by molar-refractivity contribution is 7.89. The molecule has 0 aliphatic carbocycles. The second-order valence-corrected chi connectivity index (χ2v) is 6.77. The summed E-state index contributed by atoms with van der Waals surface area (Å²) in [5.74, 6) is -1.52. The predicted molar refractivity (Wildman–Crippen MR) is 86.9 cm³/mol. The summed E-state index contributed by atoms with van der Waals surface area (Å²) in [6.07, 6.45) is 0. The van der Waals surface area contributed by atoms with Crippen LogP contribution in [0.4, 0.5) is 5.69 Å². The summed E-state index contributed by atoms with van der Waals surface area (Å²) in [6, 6.07) is 4.19. The Labute approximate surface area is 145 Å². The molecule has 1 heterocycles. The minimum Gasteiger partial charge on any atom is -0.466 e. The van der Waals surface area contributed by atoms with Crippen LogP contribution in [0, 0.1) is 6.92 Å². The standard InChI is InChI=1S/C15H18N2O7S/c1-9-4-5-10(25(16,20)21)6-12(9)17-8-24-7-11(14(18)22-2)13(17)15(19)23-3/h4-6H,7-8H2,1-3H3,(H2,16,20,21).